The van der Waals surface area contributed by atoms with E-state index in [1.165, 1.54) is 12.0 Å². The first kappa shape index (κ1) is 29.1. The average Bonchev–Trinajstić information content (AvgIpc) is 3.31. The number of rotatable bonds is 10. The third kappa shape index (κ3) is 7.00. The number of hydrogen-bond acceptors (Lipinski definition) is 6. The minimum absolute atomic E-state index is 0.0803. The Kier molecular flexibility index (Phi) is 9.19. The molecule has 1 aromatic heterocycles. The second-order valence-electron chi connectivity index (χ2n) is 10.1. The third-order valence-electron chi connectivity index (χ3n) is 6.72. The minimum Gasteiger partial charge on any atom is -0.494 e. The molecule has 0 saturated carbocycles. The number of nitrogens with one attached hydrogen (secondary N) is 2. The van der Waals surface area contributed by atoms with Gasteiger partial charge in [-0.25, -0.2) is 9.79 Å². The lowest BCUT2D eigenvalue weighted by molar-refractivity contribution is -0.125. The number of anilines is 1. The van der Waals surface area contributed by atoms with Gasteiger partial charge >= 0.3 is 5.97 Å². The third-order valence-corrected chi connectivity index (χ3v) is 6.72. The van der Waals surface area contributed by atoms with Gasteiger partial charge in [0.15, 0.2) is 5.88 Å². The van der Waals surface area contributed by atoms with Crippen LogP contribution < -0.4 is 10.2 Å². The van der Waals surface area contributed by atoms with Gasteiger partial charge in [0.25, 0.3) is 0 Å². The molecule has 0 aliphatic rings. The van der Waals surface area contributed by atoms with Crippen LogP contribution in [0.25, 0.3) is 10.9 Å². The van der Waals surface area contributed by atoms with E-state index >= 15 is 0 Å². The van der Waals surface area contributed by atoms with Crippen molar-refractivity contribution in [3.05, 3.63) is 89.5 Å². The lowest BCUT2D eigenvalue weighted by Crippen LogP contribution is -2.38. The summed E-state index contributed by atoms with van der Waals surface area (Å²) in [6, 6.07) is 21.6. The van der Waals surface area contributed by atoms with Crippen LogP contribution in [-0.4, -0.2) is 54.3 Å². The Bertz CT molecular complexity index is 1570. The number of amides is 2. The molecule has 0 aliphatic heterocycles. The number of aliphatic imine (C=N–C) groups is 1. The largest absolute Gasteiger partial charge is 0.494 e. The van der Waals surface area contributed by atoms with Gasteiger partial charge < -0.3 is 25.0 Å². The van der Waals surface area contributed by atoms with E-state index in [2.05, 4.69) is 10.3 Å². The van der Waals surface area contributed by atoms with Crippen LogP contribution in [0.5, 0.6) is 5.88 Å². The fourth-order valence-electron chi connectivity index (χ4n) is 4.35. The SMILES string of the molecule is COC(=O)c1ccc2c(C(=Nc3ccc(N(C)C(=O)CNC(=O)CCC(C)C)cc3)c3ccccc3)c(O)[nH]c2c1. The van der Waals surface area contributed by atoms with E-state index in [4.69, 9.17) is 9.73 Å². The Labute approximate surface area is 238 Å². The van der Waals surface area contributed by atoms with Crippen LogP contribution in [0.4, 0.5) is 11.4 Å². The number of methoxy groups -OCH3 is 1. The van der Waals surface area contributed by atoms with Crippen molar-refractivity contribution in [2.24, 2.45) is 10.9 Å². The van der Waals surface area contributed by atoms with E-state index in [0.717, 1.165) is 12.0 Å². The molecule has 3 N–H and O–H groups in total. The van der Waals surface area contributed by atoms with Crippen molar-refractivity contribution in [3.63, 3.8) is 0 Å². The zero-order valence-electron chi connectivity index (χ0n) is 23.6. The zero-order chi connectivity index (χ0) is 29.5. The Hall–Kier alpha value is -4.92. The van der Waals surface area contributed by atoms with Crippen LogP contribution in [-0.2, 0) is 14.3 Å². The summed E-state index contributed by atoms with van der Waals surface area (Å²) in [5.41, 5.74) is 3.98. The predicted molar refractivity (Wildman–Crippen MR) is 160 cm³/mol. The summed E-state index contributed by atoms with van der Waals surface area (Å²) in [6.07, 6.45) is 1.16. The van der Waals surface area contributed by atoms with Gasteiger partial charge in [0.2, 0.25) is 11.8 Å². The number of aromatic amines is 1. The van der Waals surface area contributed by atoms with Crippen LogP contribution in [0.15, 0.2) is 77.8 Å². The van der Waals surface area contributed by atoms with E-state index in [1.54, 1.807) is 49.5 Å². The van der Waals surface area contributed by atoms with Crippen LogP contribution in [0.1, 0.15) is 48.2 Å². The highest BCUT2D eigenvalue weighted by atomic mass is 16.5. The van der Waals surface area contributed by atoms with Gasteiger partial charge in [-0.2, -0.15) is 0 Å². The second-order valence-corrected chi connectivity index (χ2v) is 10.1. The Morgan fingerprint density at radius 1 is 1.00 bits per heavy atom. The first-order valence-electron chi connectivity index (χ1n) is 13.4. The quantitative estimate of drug-likeness (QED) is 0.180. The number of nitrogens with zero attached hydrogens (tertiary/aromatic N) is 2. The maximum absolute atomic E-state index is 12.7. The van der Waals surface area contributed by atoms with Crippen molar-refractivity contribution in [2.75, 3.05) is 25.6 Å². The average molecular weight is 555 g/mol. The first-order valence-corrected chi connectivity index (χ1v) is 13.4. The lowest BCUT2D eigenvalue weighted by Gasteiger charge is -2.18. The number of H-pyrrole nitrogens is 1. The number of aromatic hydroxyl groups is 1. The summed E-state index contributed by atoms with van der Waals surface area (Å²) in [7, 11) is 2.97. The number of esters is 1. The number of fused-ring (bicyclic) bond motifs is 1. The molecule has 41 heavy (non-hydrogen) atoms. The number of ether oxygens (including phenoxy) is 1. The zero-order valence-corrected chi connectivity index (χ0v) is 23.6. The molecular weight excluding hydrogens is 520 g/mol. The van der Waals surface area contributed by atoms with Crippen molar-refractivity contribution in [1.29, 1.82) is 0 Å². The molecule has 9 heteroatoms. The fourth-order valence-corrected chi connectivity index (χ4v) is 4.35. The highest BCUT2D eigenvalue weighted by molar-refractivity contribution is 6.22. The molecule has 0 radical (unpaired) electrons. The van der Waals surface area contributed by atoms with Crippen LogP contribution in [0, 0.1) is 5.92 Å². The molecular formula is C32H34N4O5. The topological polar surface area (TPSA) is 124 Å². The number of likely N-dealkylation sites (N-methyl/N-ethyl adjacent to an activating group) is 1. The van der Waals surface area contributed by atoms with Gasteiger partial charge in [0.05, 0.1) is 36.2 Å². The maximum atomic E-state index is 12.7. The number of aromatic nitrogens is 1. The number of benzene rings is 3. The summed E-state index contributed by atoms with van der Waals surface area (Å²) in [4.78, 5) is 46.0. The van der Waals surface area contributed by atoms with Crippen LogP contribution >= 0.6 is 0 Å². The van der Waals surface area contributed by atoms with E-state index in [0.29, 0.717) is 51.5 Å². The molecule has 0 saturated heterocycles. The molecule has 0 spiro atoms. The maximum Gasteiger partial charge on any atom is 0.337 e. The summed E-state index contributed by atoms with van der Waals surface area (Å²) >= 11 is 0. The van der Waals surface area contributed by atoms with Crippen LogP contribution in [0.2, 0.25) is 0 Å². The molecule has 0 fully saturated rings. The molecule has 4 aromatic rings. The lowest BCUT2D eigenvalue weighted by atomic mass is 10.00. The molecule has 1 heterocycles. The molecule has 2 amide bonds. The summed E-state index contributed by atoms with van der Waals surface area (Å²) in [5, 5.41) is 14.3. The summed E-state index contributed by atoms with van der Waals surface area (Å²) in [6.45, 7) is 4.02. The van der Waals surface area contributed by atoms with E-state index in [-0.39, 0.29) is 24.2 Å². The molecule has 0 atom stereocenters. The van der Waals surface area contributed by atoms with E-state index in [1.807, 2.05) is 44.2 Å². The molecule has 0 bridgehead atoms. The second kappa shape index (κ2) is 13.0. The molecule has 9 nitrogen and oxygen atoms in total. The normalized spacial score (nSPS) is 11.5. The standard InChI is InChI=1S/C32H34N4O5/c1-20(2)10-17-27(37)33-19-28(38)36(3)24-14-12-23(13-15-24)34-30(21-8-6-5-7-9-21)29-25-16-11-22(32(40)41-4)18-26(25)35-31(29)39/h5-9,11-16,18,20,35,39H,10,17,19H2,1-4H3,(H,33,37). The number of carbonyl (C=O) groups is 3. The van der Waals surface area contributed by atoms with Gasteiger partial charge in [-0.15, -0.1) is 0 Å². The highest BCUT2D eigenvalue weighted by Gasteiger charge is 2.20. The van der Waals surface area contributed by atoms with Gasteiger partial charge in [-0.05, 0) is 48.7 Å². The van der Waals surface area contributed by atoms with E-state index in [9.17, 15) is 19.5 Å². The molecule has 3 aromatic carbocycles. The van der Waals surface area contributed by atoms with Gasteiger partial charge in [0.1, 0.15) is 0 Å². The summed E-state index contributed by atoms with van der Waals surface area (Å²) in [5.74, 6) is -0.514. The van der Waals surface area contributed by atoms with Crippen molar-refractivity contribution < 1.29 is 24.2 Å². The molecule has 0 unspecified atom stereocenters. The number of hydrogen-bond donors (Lipinski definition) is 3. The highest BCUT2D eigenvalue weighted by Crippen LogP contribution is 2.32. The first-order chi connectivity index (χ1) is 19.7. The smallest absolute Gasteiger partial charge is 0.337 e. The van der Waals surface area contributed by atoms with Gasteiger partial charge in [-0.3, -0.25) is 9.59 Å². The molecule has 212 valence electrons. The monoisotopic (exact) mass is 554 g/mol. The van der Waals surface area contributed by atoms with Crippen LogP contribution in [0.3, 0.4) is 0 Å². The van der Waals surface area contributed by atoms with Crippen molar-refractivity contribution >= 4 is 45.8 Å². The molecule has 0 aliphatic carbocycles. The van der Waals surface area contributed by atoms with Gasteiger partial charge in [-0.1, -0.05) is 50.2 Å². The number of carbonyl (C=O) groups excluding carboxylic acids is 3. The Morgan fingerprint density at radius 2 is 1.71 bits per heavy atom. The Morgan fingerprint density at radius 3 is 2.37 bits per heavy atom. The molecule has 4 rings (SSSR count). The van der Waals surface area contributed by atoms with Crippen molar-refractivity contribution in [2.45, 2.75) is 26.7 Å². The predicted octanol–water partition coefficient (Wildman–Crippen LogP) is 5.34. The minimum atomic E-state index is -0.475. The fraction of sp³-hybridized carbons (Fsp3) is 0.250. The van der Waals surface area contributed by atoms with Crippen molar-refractivity contribution in [1.82, 2.24) is 10.3 Å². The van der Waals surface area contributed by atoms with Gasteiger partial charge in [0, 0.05) is 35.6 Å². The van der Waals surface area contributed by atoms with Crippen molar-refractivity contribution in [3.8, 4) is 5.88 Å². The summed E-state index contributed by atoms with van der Waals surface area (Å²) < 4.78 is 4.82. The Balaban J connectivity index is 1.61. The van der Waals surface area contributed by atoms with E-state index < -0.39 is 5.97 Å².